The van der Waals surface area contributed by atoms with Gasteiger partial charge in [0.25, 0.3) is 5.91 Å². The number of hydrogen-bond donors (Lipinski definition) is 3. The molecule has 9 nitrogen and oxygen atoms in total. The second kappa shape index (κ2) is 9.31. The number of carbonyl (C=O) groups is 1. The van der Waals surface area contributed by atoms with E-state index in [1.165, 1.54) is 7.11 Å². The molecule has 0 saturated carbocycles. The lowest BCUT2D eigenvalue weighted by atomic mass is 10.1. The highest BCUT2D eigenvalue weighted by atomic mass is 16.5. The lowest BCUT2D eigenvalue weighted by Gasteiger charge is -2.28. The van der Waals surface area contributed by atoms with Gasteiger partial charge in [-0.1, -0.05) is 12.1 Å². The Labute approximate surface area is 180 Å². The third-order valence-corrected chi connectivity index (χ3v) is 4.92. The van der Waals surface area contributed by atoms with Crippen LogP contribution in [0.4, 0.5) is 28.8 Å². The first-order valence-corrected chi connectivity index (χ1v) is 9.90. The van der Waals surface area contributed by atoms with Gasteiger partial charge in [0.1, 0.15) is 0 Å². The van der Waals surface area contributed by atoms with Gasteiger partial charge in [-0.25, -0.2) is 4.98 Å². The Kier molecular flexibility index (Phi) is 6.13. The van der Waals surface area contributed by atoms with E-state index in [4.69, 9.17) is 15.2 Å². The number of para-hydroxylation sites is 1. The lowest BCUT2D eigenvalue weighted by Crippen LogP contribution is -2.36. The molecule has 0 unspecified atom stereocenters. The molecule has 1 fully saturated rings. The van der Waals surface area contributed by atoms with Crippen LogP contribution in [0.5, 0.6) is 5.75 Å². The van der Waals surface area contributed by atoms with E-state index in [0.717, 1.165) is 37.7 Å². The molecule has 4 rings (SSSR count). The van der Waals surface area contributed by atoms with Gasteiger partial charge in [-0.3, -0.25) is 4.79 Å². The zero-order chi connectivity index (χ0) is 21.6. The van der Waals surface area contributed by atoms with Gasteiger partial charge < -0.3 is 30.7 Å². The molecule has 1 aromatic heterocycles. The predicted molar refractivity (Wildman–Crippen MR) is 120 cm³/mol. The highest BCUT2D eigenvalue weighted by Gasteiger charge is 2.14. The number of amides is 1. The van der Waals surface area contributed by atoms with Crippen molar-refractivity contribution < 1.29 is 14.3 Å². The zero-order valence-electron chi connectivity index (χ0n) is 17.2. The van der Waals surface area contributed by atoms with E-state index in [1.807, 2.05) is 12.1 Å². The Morgan fingerprint density at radius 3 is 2.55 bits per heavy atom. The Morgan fingerprint density at radius 1 is 1.10 bits per heavy atom. The van der Waals surface area contributed by atoms with E-state index in [9.17, 15) is 4.79 Å². The molecule has 31 heavy (non-hydrogen) atoms. The van der Waals surface area contributed by atoms with E-state index >= 15 is 0 Å². The van der Waals surface area contributed by atoms with Crippen molar-refractivity contribution in [3.8, 4) is 5.75 Å². The number of ether oxygens (including phenoxy) is 2. The second-order valence-corrected chi connectivity index (χ2v) is 6.92. The molecule has 1 amide bonds. The van der Waals surface area contributed by atoms with E-state index in [-0.39, 0.29) is 0 Å². The number of nitrogens with one attached hydrogen (secondary N) is 2. The summed E-state index contributed by atoms with van der Waals surface area (Å²) < 4.78 is 10.8. The van der Waals surface area contributed by atoms with Crippen molar-refractivity contribution in [2.75, 3.05) is 48.9 Å². The summed E-state index contributed by atoms with van der Waals surface area (Å²) >= 11 is 0. The molecule has 1 aliphatic heterocycles. The first kappa shape index (κ1) is 20.4. The van der Waals surface area contributed by atoms with Gasteiger partial charge in [-0.15, -0.1) is 0 Å². The summed E-state index contributed by atoms with van der Waals surface area (Å²) in [5.74, 6) is 0.708. The van der Waals surface area contributed by atoms with Crippen LogP contribution in [-0.2, 0) is 4.74 Å². The smallest absolute Gasteiger partial charge is 0.250 e. The Morgan fingerprint density at radius 2 is 1.84 bits per heavy atom. The lowest BCUT2D eigenvalue weighted by molar-refractivity contribution is 0.100. The summed E-state index contributed by atoms with van der Waals surface area (Å²) in [5.41, 5.74) is 8.36. The second-order valence-electron chi connectivity index (χ2n) is 6.92. The van der Waals surface area contributed by atoms with E-state index < -0.39 is 5.91 Å². The average molecular weight is 420 g/mol. The number of nitrogens with zero attached hydrogens (tertiary/aromatic N) is 3. The molecule has 0 radical (unpaired) electrons. The largest absolute Gasteiger partial charge is 0.491 e. The van der Waals surface area contributed by atoms with E-state index in [0.29, 0.717) is 28.8 Å². The van der Waals surface area contributed by atoms with Crippen LogP contribution in [0.25, 0.3) is 0 Å². The highest BCUT2D eigenvalue weighted by molar-refractivity contribution is 5.99. The molecule has 0 atom stereocenters. The first-order valence-electron chi connectivity index (χ1n) is 9.90. The maximum atomic E-state index is 11.7. The molecule has 4 N–H and O–H groups in total. The van der Waals surface area contributed by atoms with Gasteiger partial charge in [0.15, 0.2) is 11.6 Å². The standard InChI is InChI=1S/C22H24N6O3/c1-30-19-14-24-22(27-21(19)26-18-5-3-2-4-17(18)20(23)29)25-15-6-8-16(9-7-15)28-10-12-31-13-11-28/h2-9,14H,10-13H2,1H3,(H2,23,29)(H2,24,25,26,27). The first-order chi connectivity index (χ1) is 15.1. The molecule has 160 valence electrons. The van der Waals surface area contributed by atoms with Gasteiger partial charge >= 0.3 is 0 Å². The number of aromatic nitrogens is 2. The van der Waals surface area contributed by atoms with Gasteiger partial charge in [-0.05, 0) is 36.4 Å². The fourth-order valence-corrected chi connectivity index (χ4v) is 3.31. The van der Waals surface area contributed by atoms with Gasteiger partial charge in [0.2, 0.25) is 5.95 Å². The number of hydrogen-bond acceptors (Lipinski definition) is 8. The van der Waals surface area contributed by atoms with E-state index in [1.54, 1.807) is 30.5 Å². The van der Waals surface area contributed by atoms with E-state index in [2.05, 4.69) is 37.6 Å². The molecule has 0 aliphatic carbocycles. The van der Waals surface area contributed by atoms with Gasteiger partial charge in [-0.2, -0.15) is 4.98 Å². The van der Waals surface area contributed by atoms with Crippen molar-refractivity contribution in [2.45, 2.75) is 0 Å². The number of rotatable bonds is 7. The molecule has 1 aliphatic rings. The van der Waals surface area contributed by atoms with Crippen LogP contribution in [-0.4, -0.2) is 49.3 Å². The summed E-state index contributed by atoms with van der Waals surface area (Å²) in [6.07, 6.45) is 1.56. The molecule has 1 saturated heterocycles. The molecule has 0 spiro atoms. The summed E-state index contributed by atoms with van der Waals surface area (Å²) in [7, 11) is 1.53. The fraction of sp³-hybridized carbons (Fsp3) is 0.227. The Balaban J connectivity index is 1.53. The quantitative estimate of drug-likeness (QED) is 0.535. The summed E-state index contributed by atoms with van der Waals surface area (Å²) in [5, 5.41) is 6.31. The van der Waals surface area contributed by atoms with Crippen molar-refractivity contribution in [3.63, 3.8) is 0 Å². The van der Waals surface area contributed by atoms with Crippen molar-refractivity contribution in [1.29, 1.82) is 0 Å². The molecule has 3 aromatic rings. The van der Waals surface area contributed by atoms with Gasteiger partial charge in [0, 0.05) is 24.5 Å². The van der Waals surface area contributed by atoms with Crippen LogP contribution in [0.3, 0.4) is 0 Å². The summed E-state index contributed by atoms with van der Waals surface area (Å²) in [4.78, 5) is 22.8. The van der Waals surface area contributed by atoms with Crippen molar-refractivity contribution in [2.24, 2.45) is 5.73 Å². The van der Waals surface area contributed by atoms with Crippen LogP contribution in [0.2, 0.25) is 0 Å². The Hall–Kier alpha value is -3.85. The predicted octanol–water partition coefficient (Wildman–Crippen LogP) is 2.91. The summed E-state index contributed by atoms with van der Waals surface area (Å²) in [6.45, 7) is 3.26. The number of methoxy groups -OCH3 is 1. The molecule has 0 bridgehead atoms. The maximum absolute atomic E-state index is 11.7. The minimum absolute atomic E-state index is 0.358. The molecular weight excluding hydrogens is 396 g/mol. The van der Waals surface area contributed by atoms with Crippen molar-refractivity contribution >= 4 is 34.7 Å². The van der Waals surface area contributed by atoms with Crippen molar-refractivity contribution in [3.05, 3.63) is 60.3 Å². The molecular formula is C22H24N6O3. The molecule has 2 aromatic carbocycles. The monoisotopic (exact) mass is 420 g/mol. The van der Waals surface area contributed by atoms with Crippen molar-refractivity contribution in [1.82, 2.24) is 9.97 Å². The number of morpholine rings is 1. The third kappa shape index (κ3) is 4.84. The highest BCUT2D eigenvalue weighted by Crippen LogP contribution is 2.28. The zero-order valence-corrected chi connectivity index (χ0v) is 17.2. The van der Waals surface area contributed by atoms with Crippen LogP contribution in [0, 0.1) is 0 Å². The molecule has 9 heteroatoms. The van der Waals surface area contributed by atoms with Crippen LogP contribution < -0.4 is 26.0 Å². The van der Waals surface area contributed by atoms with Crippen LogP contribution in [0.15, 0.2) is 54.7 Å². The minimum atomic E-state index is -0.533. The number of anilines is 5. The fourth-order valence-electron chi connectivity index (χ4n) is 3.31. The number of benzene rings is 2. The Bertz CT molecular complexity index is 1050. The normalized spacial score (nSPS) is 13.5. The van der Waals surface area contributed by atoms with Gasteiger partial charge in [0.05, 0.1) is 37.8 Å². The number of carbonyl (C=O) groups excluding carboxylic acids is 1. The number of primary amides is 1. The summed E-state index contributed by atoms with van der Waals surface area (Å²) in [6, 6.07) is 15.0. The number of nitrogens with two attached hydrogens (primary N) is 1. The SMILES string of the molecule is COc1cnc(Nc2ccc(N3CCOCC3)cc2)nc1Nc1ccccc1C(N)=O. The topological polar surface area (TPSA) is 115 Å². The van der Waals surface area contributed by atoms with Crippen LogP contribution in [0.1, 0.15) is 10.4 Å². The minimum Gasteiger partial charge on any atom is -0.491 e. The van der Waals surface area contributed by atoms with Crippen LogP contribution >= 0.6 is 0 Å². The maximum Gasteiger partial charge on any atom is 0.250 e. The third-order valence-electron chi connectivity index (χ3n) is 4.92. The molecule has 2 heterocycles. The average Bonchev–Trinajstić information content (AvgIpc) is 2.81.